The first kappa shape index (κ1) is 9.45. The lowest BCUT2D eigenvalue weighted by Crippen LogP contribution is -2.19. The molecule has 0 radical (unpaired) electrons. The minimum atomic E-state index is 0.162. The van der Waals surface area contributed by atoms with E-state index in [1.807, 2.05) is 0 Å². The zero-order chi connectivity index (χ0) is 9.19. The molecular formula is C8H15N3S. The van der Waals surface area contributed by atoms with E-state index < -0.39 is 0 Å². The van der Waals surface area contributed by atoms with E-state index in [9.17, 15) is 0 Å². The molecule has 0 fully saturated rings. The van der Waals surface area contributed by atoms with E-state index in [2.05, 4.69) is 31.0 Å². The summed E-state index contributed by atoms with van der Waals surface area (Å²) in [4.78, 5) is 0. The predicted molar refractivity (Wildman–Crippen MR) is 52.3 cm³/mol. The smallest absolute Gasteiger partial charge is 0.203 e. The molecule has 0 aliphatic carbocycles. The van der Waals surface area contributed by atoms with E-state index in [1.165, 1.54) is 11.3 Å². The molecule has 1 rings (SSSR count). The van der Waals surface area contributed by atoms with Gasteiger partial charge in [-0.2, -0.15) is 0 Å². The number of nitrogens with two attached hydrogens (primary N) is 1. The molecule has 2 N–H and O–H groups in total. The summed E-state index contributed by atoms with van der Waals surface area (Å²) < 4.78 is 0. The van der Waals surface area contributed by atoms with Crippen molar-refractivity contribution in [3.05, 3.63) is 5.01 Å². The maximum Gasteiger partial charge on any atom is 0.203 e. The van der Waals surface area contributed by atoms with Crippen LogP contribution >= 0.6 is 11.3 Å². The Morgan fingerprint density at radius 3 is 2.25 bits per heavy atom. The summed E-state index contributed by atoms with van der Waals surface area (Å²) in [5.41, 5.74) is 5.69. The quantitative estimate of drug-likeness (QED) is 0.785. The fraction of sp³-hybridized carbons (Fsp3) is 0.750. The number of nitrogen functional groups attached to an aromatic ring is 1. The summed E-state index contributed by atoms with van der Waals surface area (Å²) in [7, 11) is 0. The molecule has 0 aliphatic rings. The first-order chi connectivity index (χ1) is 5.62. The molecule has 0 spiro atoms. The van der Waals surface area contributed by atoms with Crippen molar-refractivity contribution in [1.82, 2.24) is 10.2 Å². The van der Waals surface area contributed by atoms with Gasteiger partial charge in [0, 0.05) is 5.41 Å². The second kappa shape index (κ2) is 3.39. The second-order valence-corrected chi connectivity index (χ2v) is 4.22. The number of aromatic nitrogens is 2. The van der Waals surface area contributed by atoms with Gasteiger partial charge in [0.1, 0.15) is 5.01 Å². The van der Waals surface area contributed by atoms with Crippen molar-refractivity contribution >= 4 is 16.5 Å². The molecule has 3 nitrogen and oxygen atoms in total. The SMILES string of the molecule is CCC(C)(CC)c1nnc(N)s1. The lowest BCUT2D eigenvalue weighted by atomic mass is 9.86. The third-order valence-electron chi connectivity index (χ3n) is 2.52. The normalized spacial score (nSPS) is 11.9. The summed E-state index contributed by atoms with van der Waals surface area (Å²) in [6, 6.07) is 0. The van der Waals surface area contributed by atoms with Gasteiger partial charge in [0.2, 0.25) is 5.13 Å². The van der Waals surface area contributed by atoms with Crippen LogP contribution in [0.5, 0.6) is 0 Å². The molecule has 68 valence electrons. The van der Waals surface area contributed by atoms with Crippen molar-refractivity contribution < 1.29 is 0 Å². The van der Waals surface area contributed by atoms with Gasteiger partial charge in [0.25, 0.3) is 0 Å². The van der Waals surface area contributed by atoms with Crippen LogP contribution in [0.1, 0.15) is 38.6 Å². The van der Waals surface area contributed by atoms with Gasteiger partial charge in [0.15, 0.2) is 0 Å². The molecule has 0 atom stereocenters. The zero-order valence-electron chi connectivity index (χ0n) is 7.79. The first-order valence-corrected chi connectivity index (χ1v) is 5.03. The average molecular weight is 185 g/mol. The highest BCUT2D eigenvalue weighted by molar-refractivity contribution is 7.15. The lowest BCUT2D eigenvalue weighted by molar-refractivity contribution is 0.433. The van der Waals surface area contributed by atoms with Crippen LogP contribution in [0, 0.1) is 0 Å². The Labute approximate surface area is 77.0 Å². The van der Waals surface area contributed by atoms with E-state index in [0.717, 1.165) is 17.8 Å². The molecular weight excluding hydrogens is 170 g/mol. The first-order valence-electron chi connectivity index (χ1n) is 4.22. The molecule has 0 unspecified atom stereocenters. The van der Waals surface area contributed by atoms with Gasteiger partial charge in [-0.3, -0.25) is 0 Å². The minimum Gasteiger partial charge on any atom is -0.374 e. The van der Waals surface area contributed by atoms with Crippen LogP contribution in [0.15, 0.2) is 0 Å². The highest BCUT2D eigenvalue weighted by Gasteiger charge is 2.26. The zero-order valence-corrected chi connectivity index (χ0v) is 8.61. The van der Waals surface area contributed by atoms with Crippen molar-refractivity contribution in [2.24, 2.45) is 0 Å². The summed E-state index contributed by atoms with van der Waals surface area (Å²) >= 11 is 1.50. The van der Waals surface area contributed by atoms with E-state index in [1.54, 1.807) is 0 Å². The summed E-state index contributed by atoms with van der Waals surface area (Å²) in [5.74, 6) is 0. The molecule has 0 aliphatic heterocycles. The molecule has 0 bridgehead atoms. The number of hydrogen-bond acceptors (Lipinski definition) is 4. The highest BCUT2D eigenvalue weighted by atomic mass is 32.1. The van der Waals surface area contributed by atoms with E-state index >= 15 is 0 Å². The third-order valence-corrected chi connectivity index (χ3v) is 3.58. The highest BCUT2D eigenvalue weighted by Crippen LogP contribution is 2.33. The van der Waals surface area contributed by atoms with E-state index in [4.69, 9.17) is 5.73 Å². The largest absolute Gasteiger partial charge is 0.374 e. The van der Waals surface area contributed by atoms with Crippen molar-refractivity contribution in [2.45, 2.75) is 39.0 Å². The Hall–Kier alpha value is -0.640. The monoisotopic (exact) mass is 185 g/mol. The van der Waals surface area contributed by atoms with Gasteiger partial charge in [0.05, 0.1) is 0 Å². The average Bonchev–Trinajstić information content (AvgIpc) is 2.51. The number of rotatable bonds is 3. The number of hydrogen-bond donors (Lipinski definition) is 1. The minimum absolute atomic E-state index is 0.162. The maximum atomic E-state index is 5.53. The van der Waals surface area contributed by atoms with Crippen LogP contribution in [0.25, 0.3) is 0 Å². The van der Waals surface area contributed by atoms with Crippen LogP contribution in [0.2, 0.25) is 0 Å². The molecule has 1 aromatic rings. The van der Waals surface area contributed by atoms with Crippen molar-refractivity contribution in [3.8, 4) is 0 Å². The molecule has 0 aromatic carbocycles. The molecule has 12 heavy (non-hydrogen) atoms. The Bertz CT molecular complexity index is 253. The Balaban J connectivity index is 2.94. The van der Waals surface area contributed by atoms with Crippen LogP contribution in [-0.2, 0) is 5.41 Å². The molecule has 1 aromatic heterocycles. The Morgan fingerprint density at radius 2 is 1.92 bits per heavy atom. The van der Waals surface area contributed by atoms with Crippen LogP contribution in [0.4, 0.5) is 5.13 Å². The Kier molecular flexibility index (Phi) is 2.67. The predicted octanol–water partition coefficient (Wildman–Crippen LogP) is 2.20. The molecule has 1 heterocycles. The van der Waals surface area contributed by atoms with Crippen LogP contribution < -0.4 is 5.73 Å². The van der Waals surface area contributed by atoms with E-state index in [-0.39, 0.29) is 5.41 Å². The van der Waals surface area contributed by atoms with Crippen LogP contribution in [0.3, 0.4) is 0 Å². The van der Waals surface area contributed by atoms with Crippen molar-refractivity contribution in [1.29, 1.82) is 0 Å². The second-order valence-electron chi connectivity index (χ2n) is 3.21. The van der Waals surface area contributed by atoms with Crippen LogP contribution in [-0.4, -0.2) is 10.2 Å². The summed E-state index contributed by atoms with van der Waals surface area (Å²) in [5, 5.41) is 9.53. The van der Waals surface area contributed by atoms with Gasteiger partial charge >= 0.3 is 0 Å². The summed E-state index contributed by atoms with van der Waals surface area (Å²) in [6.45, 7) is 6.54. The van der Waals surface area contributed by atoms with E-state index in [0.29, 0.717) is 5.13 Å². The van der Waals surface area contributed by atoms with Gasteiger partial charge in [-0.15, -0.1) is 10.2 Å². The van der Waals surface area contributed by atoms with Gasteiger partial charge in [-0.25, -0.2) is 0 Å². The van der Waals surface area contributed by atoms with Gasteiger partial charge in [-0.1, -0.05) is 32.1 Å². The fourth-order valence-electron chi connectivity index (χ4n) is 1.03. The topological polar surface area (TPSA) is 51.8 Å². The molecule has 0 saturated carbocycles. The number of anilines is 1. The lowest BCUT2D eigenvalue weighted by Gasteiger charge is -2.22. The fourth-order valence-corrected chi connectivity index (χ4v) is 1.93. The molecule has 0 amide bonds. The standard InChI is InChI=1S/C8H15N3S/c1-4-8(3,5-2)6-10-11-7(9)12-6/h4-5H2,1-3H3,(H2,9,11). The molecule has 0 saturated heterocycles. The maximum absolute atomic E-state index is 5.53. The third kappa shape index (κ3) is 1.58. The van der Waals surface area contributed by atoms with Crippen molar-refractivity contribution in [2.75, 3.05) is 5.73 Å². The van der Waals surface area contributed by atoms with Crippen molar-refractivity contribution in [3.63, 3.8) is 0 Å². The van der Waals surface area contributed by atoms with Gasteiger partial charge < -0.3 is 5.73 Å². The summed E-state index contributed by atoms with van der Waals surface area (Å²) in [6.07, 6.45) is 2.16. The Morgan fingerprint density at radius 1 is 1.33 bits per heavy atom. The van der Waals surface area contributed by atoms with Gasteiger partial charge in [-0.05, 0) is 12.8 Å². The number of nitrogens with zero attached hydrogens (tertiary/aromatic N) is 2. The molecule has 4 heteroatoms.